The first-order chi connectivity index (χ1) is 16.9. The van der Waals surface area contributed by atoms with Crippen LogP contribution in [0.4, 0.5) is 11.4 Å². The molecule has 1 saturated heterocycles. The van der Waals surface area contributed by atoms with E-state index in [1.807, 2.05) is 30.3 Å². The van der Waals surface area contributed by atoms with Crippen LogP contribution in [0.5, 0.6) is 11.5 Å². The number of rotatable bonds is 6. The fraction of sp³-hybridized carbons (Fsp3) is 0.160. The van der Waals surface area contributed by atoms with Crippen LogP contribution in [-0.2, 0) is 16.1 Å². The van der Waals surface area contributed by atoms with Gasteiger partial charge in [0.2, 0.25) is 12.7 Å². The smallest absolute Gasteiger partial charge is 0.256 e. The molecule has 1 fully saturated rings. The number of halogens is 2. The van der Waals surface area contributed by atoms with E-state index >= 15 is 0 Å². The molecule has 1 N–H and O–H groups in total. The molecule has 3 aromatic rings. The van der Waals surface area contributed by atoms with Crippen molar-refractivity contribution in [1.29, 1.82) is 0 Å². The van der Waals surface area contributed by atoms with Crippen LogP contribution in [0.25, 0.3) is 0 Å². The maximum absolute atomic E-state index is 13.6. The first kappa shape index (κ1) is 23.6. The first-order valence-electron chi connectivity index (χ1n) is 10.7. The lowest BCUT2D eigenvalue weighted by Crippen LogP contribution is -2.37. The molecule has 35 heavy (non-hydrogen) atoms. The Bertz CT molecular complexity index is 1320. The van der Waals surface area contributed by atoms with E-state index < -0.39 is 6.04 Å². The minimum Gasteiger partial charge on any atom is -0.454 e. The van der Waals surface area contributed by atoms with E-state index in [4.69, 9.17) is 33.3 Å². The topological polar surface area (TPSA) is 71.1 Å². The van der Waals surface area contributed by atoms with Crippen molar-refractivity contribution in [2.45, 2.75) is 19.0 Å². The Hall–Kier alpha value is -3.14. The maximum atomic E-state index is 13.6. The number of hydrogen-bond acceptors (Lipinski definition) is 5. The summed E-state index contributed by atoms with van der Waals surface area (Å²) in [7, 11) is 0. The molecule has 0 radical (unpaired) electrons. The van der Waals surface area contributed by atoms with Crippen molar-refractivity contribution in [2.24, 2.45) is 0 Å². The zero-order chi connectivity index (χ0) is 24.5. The van der Waals surface area contributed by atoms with Crippen LogP contribution in [0.15, 0.2) is 71.2 Å². The lowest BCUT2D eigenvalue weighted by molar-refractivity contribution is -0.124. The Kier molecular flexibility index (Phi) is 6.64. The molecule has 0 saturated carbocycles. The number of anilines is 2. The summed E-state index contributed by atoms with van der Waals surface area (Å²) in [5, 5.41) is 3.64. The van der Waals surface area contributed by atoms with E-state index in [0.29, 0.717) is 39.6 Å². The number of carbonyl (C=O) groups excluding carboxylic acids is 2. The third-order valence-electron chi connectivity index (χ3n) is 5.68. The van der Waals surface area contributed by atoms with Crippen LogP contribution in [0.1, 0.15) is 12.0 Å². The van der Waals surface area contributed by atoms with Crippen molar-refractivity contribution in [2.75, 3.05) is 17.0 Å². The molecule has 10 heteroatoms. The van der Waals surface area contributed by atoms with Gasteiger partial charge in [0.25, 0.3) is 5.91 Å². The number of ether oxygens (including phenoxy) is 2. The summed E-state index contributed by atoms with van der Waals surface area (Å²) in [5.41, 5.74) is 2.06. The fourth-order valence-corrected chi connectivity index (χ4v) is 4.86. The molecule has 1 unspecified atom stereocenters. The van der Waals surface area contributed by atoms with Gasteiger partial charge in [0.05, 0.1) is 12.1 Å². The van der Waals surface area contributed by atoms with Gasteiger partial charge < -0.3 is 19.7 Å². The van der Waals surface area contributed by atoms with Crippen LogP contribution in [0.2, 0.25) is 5.02 Å². The number of carbonyl (C=O) groups is 2. The Morgan fingerprint density at radius 3 is 2.63 bits per heavy atom. The largest absolute Gasteiger partial charge is 0.454 e. The van der Waals surface area contributed by atoms with E-state index in [2.05, 4.69) is 21.2 Å². The Labute approximate surface area is 220 Å². The highest BCUT2D eigenvalue weighted by Crippen LogP contribution is 2.35. The molecule has 178 valence electrons. The van der Waals surface area contributed by atoms with E-state index in [9.17, 15) is 9.59 Å². The van der Waals surface area contributed by atoms with Crippen LogP contribution in [0.3, 0.4) is 0 Å². The van der Waals surface area contributed by atoms with E-state index in [0.717, 1.165) is 10.0 Å². The number of fused-ring (bicyclic) bond motifs is 1. The molecule has 0 bridgehead atoms. The molecule has 2 aliphatic rings. The second-order valence-electron chi connectivity index (χ2n) is 8.03. The van der Waals surface area contributed by atoms with Gasteiger partial charge in [0.1, 0.15) is 6.04 Å². The number of amides is 2. The van der Waals surface area contributed by atoms with Crippen molar-refractivity contribution in [3.63, 3.8) is 0 Å². The number of hydrogen-bond donors (Lipinski definition) is 1. The third kappa shape index (κ3) is 4.98. The highest BCUT2D eigenvalue weighted by Gasteiger charge is 2.44. The monoisotopic (exact) mass is 571 g/mol. The molecular formula is C25H19BrClN3O4S. The summed E-state index contributed by atoms with van der Waals surface area (Å²) >= 11 is 15.3. The lowest BCUT2D eigenvalue weighted by atomic mass is 10.1. The summed E-state index contributed by atoms with van der Waals surface area (Å²) in [4.78, 5) is 29.7. The summed E-state index contributed by atoms with van der Waals surface area (Å²) < 4.78 is 11.8. The molecule has 1 atom stereocenters. The van der Waals surface area contributed by atoms with Crippen molar-refractivity contribution in [1.82, 2.24) is 4.90 Å². The second-order valence-corrected chi connectivity index (χ2v) is 9.74. The molecule has 2 heterocycles. The molecule has 0 spiro atoms. The van der Waals surface area contributed by atoms with Crippen molar-refractivity contribution >= 4 is 68.1 Å². The van der Waals surface area contributed by atoms with Gasteiger partial charge in [0, 0.05) is 21.7 Å². The second kappa shape index (κ2) is 9.85. The van der Waals surface area contributed by atoms with Crippen LogP contribution in [0, 0.1) is 0 Å². The molecule has 0 aliphatic carbocycles. The third-order valence-corrected chi connectivity index (χ3v) is 6.86. The molecular weight excluding hydrogens is 554 g/mol. The van der Waals surface area contributed by atoms with E-state index in [-0.39, 0.29) is 25.0 Å². The standard InChI is InChI=1S/C25H19BrClN3O4S/c26-16-5-7-18(8-6-16)28-23(31)12-20-24(32)30(19-3-1-2-17(27)11-19)25(35)29(20)13-15-4-9-21-22(10-15)34-14-33-21/h1-11,20H,12-14H2,(H,28,31). The molecule has 2 amide bonds. The molecule has 2 aliphatic heterocycles. The summed E-state index contributed by atoms with van der Waals surface area (Å²) in [6, 6.07) is 18.9. The maximum Gasteiger partial charge on any atom is 0.256 e. The molecule has 5 rings (SSSR count). The van der Waals surface area contributed by atoms with Gasteiger partial charge in [-0.3, -0.25) is 14.5 Å². The minimum atomic E-state index is -0.789. The predicted molar refractivity (Wildman–Crippen MR) is 141 cm³/mol. The molecule has 0 aromatic heterocycles. The van der Waals surface area contributed by atoms with Crippen molar-refractivity contribution < 1.29 is 19.1 Å². The van der Waals surface area contributed by atoms with E-state index in [1.165, 1.54) is 4.90 Å². The highest BCUT2D eigenvalue weighted by atomic mass is 79.9. The van der Waals surface area contributed by atoms with Crippen molar-refractivity contribution in [3.8, 4) is 11.5 Å². The summed E-state index contributed by atoms with van der Waals surface area (Å²) in [6.45, 7) is 0.481. The van der Waals surface area contributed by atoms with Gasteiger partial charge in [-0.05, 0) is 72.4 Å². The number of nitrogens with one attached hydrogen (secondary N) is 1. The average Bonchev–Trinajstić information content (AvgIpc) is 3.38. The van der Waals surface area contributed by atoms with Gasteiger partial charge >= 0.3 is 0 Å². The summed E-state index contributed by atoms with van der Waals surface area (Å²) in [6.07, 6.45) is -0.0728. The minimum absolute atomic E-state index is 0.0728. The first-order valence-corrected chi connectivity index (χ1v) is 12.3. The number of thiocarbonyl (C=S) groups is 1. The number of benzene rings is 3. The molecule has 3 aromatic carbocycles. The zero-order valence-corrected chi connectivity index (χ0v) is 21.4. The van der Waals surface area contributed by atoms with Gasteiger partial charge in [-0.2, -0.15) is 0 Å². The van der Waals surface area contributed by atoms with E-state index in [1.54, 1.807) is 41.3 Å². The SMILES string of the molecule is O=C(CC1C(=O)N(c2cccc(Cl)c2)C(=S)N1Cc1ccc2c(c1)OCO2)Nc1ccc(Br)cc1. The quantitative estimate of drug-likeness (QED) is 0.401. The highest BCUT2D eigenvalue weighted by molar-refractivity contribution is 9.10. The van der Waals surface area contributed by atoms with Gasteiger partial charge in [-0.15, -0.1) is 0 Å². The summed E-state index contributed by atoms with van der Waals surface area (Å²) in [5.74, 6) is 0.719. The lowest BCUT2D eigenvalue weighted by Gasteiger charge is -2.24. The Morgan fingerprint density at radius 2 is 1.86 bits per heavy atom. The predicted octanol–water partition coefficient (Wildman–Crippen LogP) is 5.36. The van der Waals surface area contributed by atoms with Crippen LogP contribution in [-0.4, -0.2) is 34.7 Å². The van der Waals surface area contributed by atoms with Crippen LogP contribution >= 0.6 is 39.7 Å². The van der Waals surface area contributed by atoms with Gasteiger partial charge in [-0.1, -0.05) is 39.7 Å². The number of nitrogens with zero attached hydrogens (tertiary/aromatic N) is 2. The Balaban J connectivity index is 1.42. The fourth-order valence-electron chi connectivity index (χ4n) is 4.02. The van der Waals surface area contributed by atoms with Gasteiger partial charge in [-0.25, -0.2) is 0 Å². The van der Waals surface area contributed by atoms with Gasteiger partial charge in [0.15, 0.2) is 16.6 Å². The average molecular weight is 573 g/mol. The Morgan fingerprint density at radius 1 is 1.09 bits per heavy atom. The van der Waals surface area contributed by atoms with Crippen molar-refractivity contribution in [3.05, 3.63) is 81.8 Å². The zero-order valence-electron chi connectivity index (χ0n) is 18.2. The molecule has 7 nitrogen and oxygen atoms in total. The van der Waals surface area contributed by atoms with Crippen LogP contribution < -0.4 is 19.7 Å². The normalized spacial score (nSPS) is 16.7.